The van der Waals surface area contributed by atoms with Crippen molar-refractivity contribution in [3.05, 3.63) is 63.9 Å². The molecule has 1 fully saturated rings. The zero-order valence-electron chi connectivity index (χ0n) is 17.0. The molecule has 168 valence electrons. The maximum Gasteiger partial charge on any atom is 0.263 e. The molecule has 12 heteroatoms. The average Bonchev–Trinajstić information content (AvgIpc) is 3.17. The molecule has 0 unspecified atom stereocenters. The number of nitrogens with one attached hydrogen (secondary N) is 1. The summed E-state index contributed by atoms with van der Waals surface area (Å²) in [4.78, 5) is 20.8. The van der Waals surface area contributed by atoms with Crippen LogP contribution in [0.25, 0.3) is 0 Å². The Kier molecular flexibility index (Phi) is 6.57. The second-order valence-corrected chi connectivity index (χ2v) is 10.4. The van der Waals surface area contributed by atoms with Gasteiger partial charge in [-0.25, -0.2) is 13.4 Å². The van der Waals surface area contributed by atoms with E-state index in [-0.39, 0.29) is 15.9 Å². The summed E-state index contributed by atoms with van der Waals surface area (Å²) in [5.41, 5.74) is 1.31. The topological polar surface area (TPSA) is 95.5 Å². The summed E-state index contributed by atoms with van der Waals surface area (Å²) >= 11 is 13.1. The van der Waals surface area contributed by atoms with Crippen LogP contribution in [0.3, 0.4) is 0 Å². The van der Waals surface area contributed by atoms with Crippen LogP contribution in [-0.4, -0.2) is 54.8 Å². The summed E-state index contributed by atoms with van der Waals surface area (Å²) < 4.78 is 31.5. The van der Waals surface area contributed by atoms with Gasteiger partial charge >= 0.3 is 0 Å². The monoisotopic (exact) mass is 511 g/mol. The summed E-state index contributed by atoms with van der Waals surface area (Å²) in [5.74, 6) is 0.379. The van der Waals surface area contributed by atoms with Crippen LogP contribution in [0, 0.1) is 6.92 Å². The van der Waals surface area contributed by atoms with Crippen molar-refractivity contribution < 1.29 is 13.2 Å². The minimum Gasteiger partial charge on any atom is -0.368 e. The van der Waals surface area contributed by atoms with E-state index in [0.717, 1.165) is 17.2 Å². The summed E-state index contributed by atoms with van der Waals surface area (Å²) in [7, 11) is -3.74. The number of anilines is 2. The summed E-state index contributed by atoms with van der Waals surface area (Å²) in [6.07, 6.45) is 0. The number of hydrogen-bond acceptors (Lipinski definition) is 7. The van der Waals surface area contributed by atoms with Crippen molar-refractivity contribution in [3.8, 4) is 0 Å². The maximum absolute atomic E-state index is 12.8. The summed E-state index contributed by atoms with van der Waals surface area (Å²) in [5, 5.41) is 1.04. The molecule has 1 aromatic heterocycles. The van der Waals surface area contributed by atoms with Gasteiger partial charge in [0.05, 0.1) is 15.5 Å². The van der Waals surface area contributed by atoms with E-state index < -0.39 is 10.0 Å². The highest BCUT2D eigenvalue weighted by Crippen LogP contribution is 2.25. The Labute approximate surface area is 200 Å². The Morgan fingerprint density at radius 1 is 1.06 bits per heavy atom. The van der Waals surface area contributed by atoms with Crippen molar-refractivity contribution in [1.82, 2.24) is 14.3 Å². The number of nitrogens with zero attached hydrogens (tertiary/aromatic N) is 4. The van der Waals surface area contributed by atoms with Gasteiger partial charge in [-0.15, -0.1) is 0 Å². The van der Waals surface area contributed by atoms with E-state index in [1.54, 1.807) is 54.3 Å². The zero-order valence-corrected chi connectivity index (χ0v) is 20.1. The number of hydrogen-bond donors (Lipinski definition) is 1. The number of aromatic nitrogens is 2. The zero-order chi connectivity index (χ0) is 22.9. The Morgan fingerprint density at radius 3 is 2.34 bits per heavy atom. The van der Waals surface area contributed by atoms with Gasteiger partial charge in [-0.2, -0.15) is 4.37 Å². The number of rotatable bonds is 5. The first kappa shape index (κ1) is 22.8. The van der Waals surface area contributed by atoms with E-state index in [4.69, 9.17) is 23.2 Å². The van der Waals surface area contributed by atoms with Gasteiger partial charge in [0.1, 0.15) is 5.82 Å². The molecule has 0 atom stereocenters. The minimum atomic E-state index is -3.74. The lowest BCUT2D eigenvalue weighted by Crippen LogP contribution is -2.48. The lowest BCUT2D eigenvalue weighted by Gasteiger charge is -2.36. The maximum atomic E-state index is 12.8. The quantitative estimate of drug-likeness (QED) is 0.557. The van der Waals surface area contributed by atoms with Gasteiger partial charge in [0.15, 0.2) is 0 Å². The molecular formula is C20H19Cl2N5O3S2. The lowest BCUT2D eigenvalue weighted by atomic mass is 10.1. The van der Waals surface area contributed by atoms with Gasteiger partial charge in [0.25, 0.3) is 15.9 Å². The second-order valence-electron chi connectivity index (χ2n) is 7.15. The molecule has 2 heterocycles. The molecule has 32 heavy (non-hydrogen) atoms. The molecule has 8 nitrogen and oxygen atoms in total. The highest BCUT2D eigenvalue weighted by molar-refractivity contribution is 7.93. The molecule has 4 rings (SSSR count). The Bertz CT molecular complexity index is 1240. The second kappa shape index (κ2) is 9.22. The van der Waals surface area contributed by atoms with E-state index in [1.165, 1.54) is 0 Å². The predicted molar refractivity (Wildman–Crippen MR) is 126 cm³/mol. The fourth-order valence-electron chi connectivity index (χ4n) is 3.35. The van der Waals surface area contributed by atoms with E-state index in [1.807, 2.05) is 0 Å². The molecule has 1 aliphatic rings. The van der Waals surface area contributed by atoms with Crippen molar-refractivity contribution in [2.75, 3.05) is 35.8 Å². The van der Waals surface area contributed by atoms with Crippen LogP contribution in [0.1, 0.15) is 16.2 Å². The van der Waals surface area contributed by atoms with Gasteiger partial charge in [-0.3, -0.25) is 9.52 Å². The molecule has 1 N–H and O–H groups in total. The van der Waals surface area contributed by atoms with Gasteiger partial charge < -0.3 is 9.80 Å². The smallest absolute Gasteiger partial charge is 0.263 e. The number of carbonyl (C=O) groups excluding carboxylic acids is 1. The lowest BCUT2D eigenvalue weighted by molar-refractivity contribution is 0.0747. The average molecular weight is 512 g/mol. The molecular weight excluding hydrogens is 493 g/mol. The molecule has 1 amide bonds. The number of aryl methyl sites for hydroxylation is 1. The highest BCUT2D eigenvalue weighted by Gasteiger charge is 2.24. The first-order chi connectivity index (χ1) is 15.2. The number of halogens is 2. The molecule has 0 spiro atoms. The fraction of sp³-hybridized carbons (Fsp3) is 0.250. The van der Waals surface area contributed by atoms with Crippen molar-refractivity contribution in [2.45, 2.75) is 11.8 Å². The third-order valence-electron chi connectivity index (χ3n) is 4.99. The Hall–Kier alpha value is -2.40. The van der Waals surface area contributed by atoms with Crippen LogP contribution in [0.15, 0.2) is 47.4 Å². The first-order valence-corrected chi connectivity index (χ1v) is 12.7. The molecule has 0 saturated carbocycles. The third-order valence-corrected chi connectivity index (χ3v) is 7.74. The van der Waals surface area contributed by atoms with Gasteiger partial charge in [0, 0.05) is 48.4 Å². The van der Waals surface area contributed by atoms with Crippen LogP contribution >= 0.6 is 34.7 Å². The molecule has 2 aromatic carbocycles. The first-order valence-electron chi connectivity index (χ1n) is 9.65. The van der Waals surface area contributed by atoms with Crippen LogP contribution in [-0.2, 0) is 10.0 Å². The minimum absolute atomic E-state index is 0.134. The standard InChI is InChI=1S/C20H19Cl2N5O3S2/c1-13-23-20(31-24-13)25-32(29,30)16-5-3-15(4-6-16)26-8-10-27(11-9-26)19(28)17-7-2-14(21)12-18(17)22/h2-7,12H,8-11H2,1H3,(H,23,24,25). The van der Waals surface area contributed by atoms with Crippen LogP contribution in [0.4, 0.5) is 10.8 Å². The third kappa shape index (κ3) is 4.98. The number of amides is 1. The summed E-state index contributed by atoms with van der Waals surface area (Å²) in [6.45, 7) is 3.97. The Balaban J connectivity index is 1.39. The number of sulfonamides is 1. The van der Waals surface area contributed by atoms with E-state index in [0.29, 0.717) is 47.6 Å². The van der Waals surface area contributed by atoms with E-state index in [9.17, 15) is 13.2 Å². The molecule has 0 radical (unpaired) electrons. The number of carbonyl (C=O) groups is 1. The highest BCUT2D eigenvalue weighted by atomic mass is 35.5. The van der Waals surface area contributed by atoms with Crippen LogP contribution in [0.2, 0.25) is 10.0 Å². The van der Waals surface area contributed by atoms with Gasteiger partial charge in [0.2, 0.25) is 5.13 Å². The molecule has 1 saturated heterocycles. The van der Waals surface area contributed by atoms with Crippen molar-refractivity contribution in [3.63, 3.8) is 0 Å². The van der Waals surface area contributed by atoms with Gasteiger partial charge in [-0.05, 0) is 49.4 Å². The summed E-state index contributed by atoms with van der Waals surface area (Å²) in [6, 6.07) is 11.5. The van der Waals surface area contributed by atoms with Crippen molar-refractivity contribution in [2.24, 2.45) is 0 Å². The molecule has 0 aliphatic carbocycles. The molecule has 1 aliphatic heterocycles. The van der Waals surface area contributed by atoms with E-state index in [2.05, 4.69) is 19.0 Å². The van der Waals surface area contributed by atoms with Crippen LogP contribution in [0.5, 0.6) is 0 Å². The van der Waals surface area contributed by atoms with Crippen LogP contribution < -0.4 is 9.62 Å². The molecule has 3 aromatic rings. The van der Waals surface area contributed by atoms with Gasteiger partial charge in [-0.1, -0.05) is 23.2 Å². The Morgan fingerprint density at radius 2 is 1.75 bits per heavy atom. The molecule has 0 bridgehead atoms. The van der Waals surface area contributed by atoms with E-state index >= 15 is 0 Å². The number of piperazine rings is 1. The SMILES string of the molecule is Cc1nsc(NS(=O)(=O)c2ccc(N3CCN(C(=O)c4ccc(Cl)cc4Cl)CC3)cc2)n1. The van der Waals surface area contributed by atoms with Crippen molar-refractivity contribution in [1.29, 1.82) is 0 Å². The fourth-order valence-corrected chi connectivity index (χ4v) is 5.64. The largest absolute Gasteiger partial charge is 0.368 e. The normalized spacial score (nSPS) is 14.5. The number of benzene rings is 2. The van der Waals surface area contributed by atoms with Crippen molar-refractivity contribution >= 4 is 61.5 Å². The predicted octanol–water partition coefficient (Wildman–Crippen LogP) is 3.92.